The van der Waals surface area contributed by atoms with Crippen molar-refractivity contribution < 1.29 is 14.3 Å². The van der Waals surface area contributed by atoms with Crippen LogP contribution in [0.15, 0.2) is 42.7 Å². The second-order valence-electron chi connectivity index (χ2n) is 5.68. The second kappa shape index (κ2) is 7.76. The van der Waals surface area contributed by atoms with Crippen molar-refractivity contribution in [3.63, 3.8) is 0 Å². The van der Waals surface area contributed by atoms with Gasteiger partial charge in [0.15, 0.2) is 0 Å². The number of pyridine rings is 1. The third-order valence-electron chi connectivity index (χ3n) is 3.60. The number of hydrogen-bond donors (Lipinski definition) is 1. The molecule has 0 aliphatic rings. The molecular formula is C18H15Cl2N3O3. The Morgan fingerprint density at radius 2 is 1.96 bits per heavy atom. The number of carbonyl (C=O) groups excluding carboxylic acids is 2. The molecule has 134 valence electrons. The van der Waals surface area contributed by atoms with E-state index in [0.717, 1.165) is 11.2 Å². The molecule has 0 bridgehead atoms. The van der Waals surface area contributed by atoms with Crippen LogP contribution in [0, 0.1) is 6.92 Å². The highest BCUT2D eigenvalue weighted by molar-refractivity contribution is 6.42. The lowest BCUT2D eigenvalue weighted by molar-refractivity contribution is -0.143. The number of fused-ring (bicyclic) bond motifs is 1. The zero-order valence-corrected chi connectivity index (χ0v) is 15.3. The summed E-state index contributed by atoms with van der Waals surface area (Å²) in [4.78, 5) is 28.2. The third kappa shape index (κ3) is 4.33. The summed E-state index contributed by atoms with van der Waals surface area (Å²) >= 11 is 11.7. The lowest BCUT2D eigenvalue weighted by Crippen LogP contribution is -2.30. The fourth-order valence-electron chi connectivity index (χ4n) is 2.32. The van der Waals surface area contributed by atoms with E-state index in [1.54, 1.807) is 6.20 Å². The standard InChI is InChI=1S/C18H15Cl2N3O3/c1-11-2-5-16-22-13(9-23(16)8-11)10-26-17(24)7-21-18(25)12-3-4-14(19)15(20)6-12/h2-6,8-9H,7,10H2,1H3,(H,21,25). The van der Waals surface area contributed by atoms with Gasteiger partial charge >= 0.3 is 5.97 Å². The van der Waals surface area contributed by atoms with Crippen LogP contribution in [0.3, 0.4) is 0 Å². The summed E-state index contributed by atoms with van der Waals surface area (Å²) in [5.74, 6) is -1.00. The second-order valence-corrected chi connectivity index (χ2v) is 6.49. The van der Waals surface area contributed by atoms with Gasteiger partial charge in [-0.3, -0.25) is 9.59 Å². The van der Waals surface area contributed by atoms with Crippen LogP contribution in [-0.2, 0) is 16.1 Å². The molecule has 3 rings (SSSR count). The van der Waals surface area contributed by atoms with Crippen molar-refractivity contribution in [3.05, 3.63) is 69.6 Å². The Morgan fingerprint density at radius 1 is 1.15 bits per heavy atom. The van der Waals surface area contributed by atoms with E-state index < -0.39 is 11.9 Å². The molecule has 2 aromatic heterocycles. The Balaban J connectivity index is 1.51. The quantitative estimate of drug-likeness (QED) is 0.676. The van der Waals surface area contributed by atoms with Gasteiger partial charge in [0.25, 0.3) is 5.91 Å². The summed E-state index contributed by atoms with van der Waals surface area (Å²) in [5.41, 5.74) is 2.81. The number of aromatic nitrogens is 2. The first-order valence-electron chi connectivity index (χ1n) is 7.75. The van der Waals surface area contributed by atoms with Crippen LogP contribution in [0.1, 0.15) is 21.6 Å². The zero-order chi connectivity index (χ0) is 18.7. The number of ether oxygens (including phenoxy) is 1. The van der Waals surface area contributed by atoms with Gasteiger partial charge in [-0.05, 0) is 36.8 Å². The fourth-order valence-corrected chi connectivity index (χ4v) is 2.62. The first-order chi connectivity index (χ1) is 12.4. The molecule has 6 nitrogen and oxygen atoms in total. The minimum Gasteiger partial charge on any atom is -0.458 e. The van der Waals surface area contributed by atoms with Crippen molar-refractivity contribution >= 4 is 40.7 Å². The SMILES string of the molecule is Cc1ccc2nc(COC(=O)CNC(=O)c3ccc(Cl)c(Cl)c3)cn2c1. The molecule has 0 aliphatic heterocycles. The van der Waals surface area contributed by atoms with Gasteiger partial charge < -0.3 is 14.5 Å². The molecule has 0 saturated carbocycles. The van der Waals surface area contributed by atoms with Gasteiger partial charge in [-0.15, -0.1) is 0 Å². The number of amides is 1. The van der Waals surface area contributed by atoms with E-state index in [1.807, 2.05) is 29.7 Å². The van der Waals surface area contributed by atoms with Crippen molar-refractivity contribution in [1.82, 2.24) is 14.7 Å². The van der Waals surface area contributed by atoms with Gasteiger partial charge in [0, 0.05) is 18.0 Å². The number of nitrogens with zero attached hydrogens (tertiary/aromatic N) is 2. The lowest BCUT2D eigenvalue weighted by Gasteiger charge is -2.06. The molecular weight excluding hydrogens is 377 g/mol. The predicted molar refractivity (Wildman–Crippen MR) is 98.5 cm³/mol. The first-order valence-corrected chi connectivity index (χ1v) is 8.51. The maximum Gasteiger partial charge on any atom is 0.325 e. The topological polar surface area (TPSA) is 72.7 Å². The third-order valence-corrected chi connectivity index (χ3v) is 4.34. The van der Waals surface area contributed by atoms with Crippen molar-refractivity contribution in [2.75, 3.05) is 6.54 Å². The molecule has 0 saturated heterocycles. The largest absolute Gasteiger partial charge is 0.458 e. The number of imidazole rings is 1. The summed E-state index contributed by atoms with van der Waals surface area (Å²) in [6, 6.07) is 8.31. The monoisotopic (exact) mass is 391 g/mol. The van der Waals surface area contributed by atoms with Gasteiger partial charge in [-0.25, -0.2) is 4.98 Å². The van der Waals surface area contributed by atoms with E-state index in [-0.39, 0.29) is 18.2 Å². The Morgan fingerprint density at radius 3 is 2.73 bits per heavy atom. The Bertz CT molecular complexity index is 985. The summed E-state index contributed by atoms with van der Waals surface area (Å²) in [6.45, 7) is 1.75. The Labute approximate surface area is 159 Å². The summed E-state index contributed by atoms with van der Waals surface area (Å²) < 4.78 is 7.01. The van der Waals surface area contributed by atoms with Gasteiger partial charge in [-0.1, -0.05) is 29.3 Å². The van der Waals surface area contributed by atoms with E-state index >= 15 is 0 Å². The molecule has 0 aliphatic carbocycles. The van der Waals surface area contributed by atoms with Crippen LogP contribution in [0.2, 0.25) is 10.0 Å². The van der Waals surface area contributed by atoms with Crippen molar-refractivity contribution in [1.29, 1.82) is 0 Å². The number of rotatable bonds is 5. The normalized spacial score (nSPS) is 10.7. The number of aryl methyl sites for hydroxylation is 1. The summed E-state index contributed by atoms with van der Waals surface area (Å²) in [5, 5.41) is 3.09. The molecule has 8 heteroatoms. The fraction of sp³-hybridized carbons (Fsp3) is 0.167. The Hall–Kier alpha value is -2.57. The highest BCUT2D eigenvalue weighted by Crippen LogP contribution is 2.22. The van der Waals surface area contributed by atoms with Crippen LogP contribution in [0.4, 0.5) is 0 Å². The summed E-state index contributed by atoms with van der Waals surface area (Å²) in [6.07, 6.45) is 3.73. The van der Waals surface area contributed by atoms with E-state index in [1.165, 1.54) is 18.2 Å². The average Bonchev–Trinajstić information content (AvgIpc) is 3.02. The molecule has 0 atom stereocenters. The molecule has 1 aromatic carbocycles. The van der Waals surface area contributed by atoms with Crippen LogP contribution in [0.25, 0.3) is 5.65 Å². The maximum atomic E-state index is 12.0. The highest BCUT2D eigenvalue weighted by Gasteiger charge is 2.11. The molecule has 0 radical (unpaired) electrons. The minimum atomic E-state index is -0.563. The molecule has 0 fully saturated rings. The van der Waals surface area contributed by atoms with Crippen LogP contribution in [0.5, 0.6) is 0 Å². The van der Waals surface area contributed by atoms with E-state index in [4.69, 9.17) is 27.9 Å². The van der Waals surface area contributed by atoms with Crippen molar-refractivity contribution in [3.8, 4) is 0 Å². The number of nitrogens with one attached hydrogen (secondary N) is 1. The van der Waals surface area contributed by atoms with Crippen molar-refractivity contribution in [2.24, 2.45) is 0 Å². The number of esters is 1. The number of hydrogen-bond acceptors (Lipinski definition) is 4. The van der Waals surface area contributed by atoms with Gasteiger partial charge in [0.1, 0.15) is 18.8 Å². The predicted octanol–water partition coefficient (Wildman–Crippen LogP) is 3.42. The molecule has 0 spiro atoms. The van der Waals surface area contributed by atoms with Crippen LogP contribution in [-0.4, -0.2) is 27.8 Å². The minimum absolute atomic E-state index is 0.0300. The zero-order valence-electron chi connectivity index (χ0n) is 13.8. The molecule has 1 amide bonds. The highest BCUT2D eigenvalue weighted by atomic mass is 35.5. The van der Waals surface area contributed by atoms with Gasteiger partial charge in [0.2, 0.25) is 0 Å². The molecule has 26 heavy (non-hydrogen) atoms. The van der Waals surface area contributed by atoms with Gasteiger partial charge in [0.05, 0.1) is 15.7 Å². The Kier molecular flexibility index (Phi) is 5.44. The number of carbonyl (C=O) groups is 2. The smallest absolute Gasteiger partial charge is 0.325 e. The van der Waals surface area contributed by atoms with E-state index in [9.17, 15) is 9.59 Å². The molecule has 1 N–H and O–H groups in total. The van der Waals surface area contributed by atoms with E-state index in [0.29, 0.717) is 16.3 Å². The molecule has 3 aromatic rings. The molecule has 2 heterocycles. The van der Waals surface area contributed by atoms with Crippen LogP contribution >= 0.6 is 23.2 Å². The maximum absolute atomic E-state index is 12.0. The molecule has 0 unspecified atom stereocenters. The number of halogens is 2. The first kappa shape index (κ1) is 18.2. The van der Waals surface area contributed by atoms with Gasteiger partial charge in [-0.2, -0.15) is 0 Å². The van der Waals surface area contributed by atoms with Crippen LogP contribution < -0.4 is 5.32 Å². The number of benzene rings is 1. The van der Waals surface area contributed by atoms with Crippen molar-refractivity contribution in [2.45, 2.75) is 13.5 Å². The summed E-state index contributed by atoms with van der Waals surface area (Å²) in [7, 11) is 0. The lowest BCUT2D eigenvalue weighted by atomic mass is 10.2. The van der Waals surface area contributed by atoms with E-state index in [2.05, 4.69) is 10.3 Å². The average molecular weight is 392 g/mol.